The predicted molar refractivity (Wildman–Crippen MR) is 126 cm³/mol. The van der Waals surface area contributed by atoms with E-state index in [0.717, 1.165) is 6.07 Å². The minimum absolute atomic E-state index is 0.0582. The van der Waals surface area contributed by atoms with Gasteiger partial charge < -0.3 is 14.6 Å². The Balaban J connectivity index is 1.32. The van der Waals surface area contributed by atoms with Crippen LogP contribution in [0.15, 0.2) is 40.8 Å². The molecule has 2 heterocycles. The van der Waals surface area contributed by atoms with Crippen molar-refractivity contribution in [2.24, 2.45) is 0 Å². The Kier molecular flexibility index (Phi) is 7.24. The van der Waals surface area contributed by atoms with E-state index in [2.05, 4.69) is 10.2 Å². The molecular weight excluding hydrogens is 568 g/mol. The van der Waals surface area contributed by atoms with Gasteiger partial charge in [0, 0.05) is 22.9 Å². The Morgan fingerprint density at radius 3 is 2.34 bits per heavy atom. The maximum absolute atomic E-state index is 14.3. The third-order valence-electron chi connectivity index (χ3n) is 7.21. The van der Waals surface area contributed by atoms with Gasteiger partial charge in [0.15, 0.2) is 0 Å². The first kappa shape index (κ1) is 28.5. The van der Waals surface area contributed by atoms with Crippen LogP contribution in [0.2, 0.25) is 0 Å². The van der Waals surface area contributed by atoms with Gasteiger partial charge in [-0.05, 0) is 73.1 Å². The monoisotopic (exact) mass is 588 g/mol. The molecule has 0 unspecified atom stereocenters. The Bertz CT molecular complexity index is 1480. The fourth-order valence-electron chi connectivity index (χ4n) is 5.12. The summed E-state index contributed by atoms with van der Waals surface area (Å²) in [7, 11) is 0. The highest BCUT2D eigenvalue weighted by Gasteiger charge is 2.63. The van der Waals surface area contributed by atoms with Crippen LogP contribution in [-0.4, -0.2) is 40.2 Å². The van der Waals surface area contributed by atoms with Crippen LogP contribution in [0.1, 0.15) is 65.4 Å². The van der Waals surface area contributed by atoms with Crippen LogP contribution in [0.4, 0.5) is 40.8 Å². The van der Waals surface area contributed by atoms with Gasteiger partial charge in [-0.2, -0.15) is 30.7 Å². The second kappa shape index (κ2) is 10.4. The fourth-order valence-corrected chi connectivity index (χ4v) is 5.12. The number of hydrogen-bond acceptors (Lipinski definition) is 5. The molecule has 15 heteroatoms. The standard InChI is InChI=1S/C26H20F8N4O3/c27-15-5-8-19(17(10-15)12-3-6-16(7-4-12)35-24(40)25(30,31)26(32,33)34)38-11-14-2-1-13(9-18(14)23(38)39)21-36-37-22(41-21)20(28)29/h1-2,5,8-10,12,16,20H,3-4,6-7,11H2,(H,35,40). The van der Waals surface area contributed by atoms with Crippen LogP contribution < -0.4 is 10.2 Å². The Labute approximate surface area is 226 Å². The van der Waals surface area contributed by atoms with Crippen molar-refractivity contribution in [1.82, 2.24) is 15.5 Å². The second-order valence-electron chi connectivity index (χ2n) is 9.81. The lowest BCUT2D eigenvalue weighted by atomic mass is 9.80. The maximum Gasteiger partial charge on any atom is 0.463 e. The molecule has 1 aliphatic carbocycles. The van der Waals surface area contributed by atoms with E-state index < -0.39 is 48.1 Å². The van der Waals surface area contributed by atoms with E-state index in [0.29, 0.717) is 16.8 Å². The van der Waals surface area contributed by atoms with Crippen LogP contribution in [0.5, 0.6) is 0 Å². The number of amides is 2. The van der Waals surface area contributed by atoms with Gasteiger partial charge in [0.1, 0.15) is 5.82 Å². The van der Waals surface area contributed by atoms with Crippen LogP contribution in [-0.2, 0) is 11.3 Å². The molecule has 2 aromatic carbocycles. The number of carbonyl (C=O) groups is 2. The molecule has 0 bridgehead atoms. The zero-order valence-corrected chi connectivity index (χ0v) is 20.8. The number of alkyl halides is 7. The zero-order chi connectivity index (χ0) is 29.7. The van der Waals surface area contributed by atoms with Gasteiger partial charge in [-0.3, -0.25) is 9.59 Å². The van der Waals surface area contributed by atoms with Crippen molar-refractivity contribution in [2.45, 2.75) is 62.7 Å². The number of anilines is 1. The summed E-state index contributed by atoms with van der Waals surface area (Å²) in [5.74, 6) is -10.5. The highest BCUT2D eigenvalue weighted by atomic mass is 19.4. The third kappa shape index (κ3) is 5.36. The smallest absolute Gasteiger partial charge is 0.415 e. The molecule has 1 fully saturated rings. The lowest BCUT2D eigenvalue weighted by molar-refractivity contribution is -0.270. The van der Waals surface area contributed by atoms with Gasteiger partial charge in [0.2, 0.25) is 5.89 Å². The Hall–Kier alpha value is -4.04. The van der Waals surface area contributed by atoms with Crippen molar-refractivity contribution >= 4 is 17.5 Å². The molecule has 1 saturated carbocycles. The number of rotatable bonds is 6. The summed E-state index contributed by atoms with van der Waals surface area (Å²) >= 11 is 0. The van der Waals surface area contributed by atoms with Gasteiger partial charge in [-0.1, -0.05) is 6.07 Å². The quantitative estimate of drug-likeness (QED) is 0.341. The number of benzene rings is 2. The molecule has 2 amide bonds. The van der Waals surface area contributed by atoms with Crippen LogP contribution in [0.25, 0.3) is 11.5 Å². The van der Waals surface area contributed by atoms with Crippen LogP contribution in [0, 0.1) is 5.82 Å². The lowest BCUT2D eigenvalue weighted by Crippen LogP contribution is -2.53. The van der Waals surface area contributed by atoms with Gasteiger partial charge >= 0.3 is 24.4 Å². The highest BCUT2D eigenvalue weighted by Crippen LogP contribution is 2.42. The SMILES string of the molecule is O=C1c2cc(-c3nnc(C(F)F)o3)ccc2CN1c1ccc(F)cc1C1CCC(NC(=O)C(F)(F)C(F)(F)F)CC1. The number of halogens is 8. The molecule has 41 heavy (non-hydrogen) atoms. The molecule has 2 aliphatic rings. The molecule has 5 rings (SSSR count). The number of hydrogen-bond donors (Lipinski definition) is 1. The summed E-state index contributed by atoms with van der Waals surface area (Å²) in [4.78, 5) is 26.4. The van der Waals surface area contributed by atoms with E-state index in [1.165, 1.54) is 29.2 Å². The topological polar surface area (TPSA) is 88.3 Å². The average Bonchev–Trinajstić information content (AvgIpc) is 3.54. The van der Waals surface area contributed by atoms with Gasteiger partial charge in [-0.25, -0.2) is 4.39 Å². The van der Waals surface area contributed by atoms with Crippen LogP contribution >= 0.6 is 0 Å². The van der Waals surface area contributed by atoms with Crippen molar-refractivity contribution in [3.05, 3.63) is 64.8 Å². The lowest BCUT2D eigenvalue weighted by Gasteiger charge is -2.32. The molecule has 1 aliphatic heterocycles. The number of fused-ring (bicyclic) bond motifs is 1. The third-order valence-corrected chi connectivity index (χ3v) is 7.21. The first-order valence-corrected chi connectivity index (χ1v) is 12.4. The molecule has 0 atom stereocenters. The summed E-state index contributed by atoms with van der Waals surface area (Å²) in [6, 6.07) is 7.44. The fraction of sp³-hybridized carbons (Fsp3) is 0.385. The second-order valence-corrected chi connectivity index (χ2v) is 9.81. The van der Waals surface area contributed by atoms with Crippen molar-refractivity contribution in [3.8, 4) is 11.5 Å². The van der Waals surface area contributed by atoms with Crippen molar-refractivity contribution < 1.29 is 49.1 Å². The molecule has 7 nitrogen and oxygen atoms in total. The predicted octanol–water partition coefficient (Wildman–Crippen LogP) is 6.31. The Morgan fingerprint density at radius 2 is 1.71 bits per heavy atom. The molecule has 3 aromatic rings. The van der Waals surface area contributed by atoms with Crippen LogP contribution in [0.3, 0.4) is 0 Å². The van der Waals surface area contributed by atoms with Crippen molar-refractivity contribution in [2.75, 3.05) is 4.90 Å². The normalized spacial score (nSPS) is 19.5. The average molecular weight is 588 g/mol. The summed E-state index contributed by atoms with van der Waals surface area (Å²) in [5.41, 5.74) is 1.90. The molecule has 218 valence electrons. The molecule has 1 aromatic heterocycles. The van der Waals surface area contributed by atoms with Crippen molar-refractivity contribution in [1.29, 1.82) is 0 Å². The summed E-state index contributed by atoms with van der Waals surface area (Å²) in [6.45, 7) is 0.108. The number of nitrogens with one attached hydrogen (secondary N) is 1. The Morgan fingerprint density at radius 1 is 1.00 bits per heavy atom. The molecular formula is C26H20F8N4O3. The van der Waals surface area contributed by atoms with Gasteiger partial charge in [0.05, 0.1) is 6.54 Å². The van der Waals surface area contributed by atoms with E-state index in [4.69, 9.17) is 4.42 Å². The molecule has 1 N–H and O–H groups in total. The highest BCUT2D eigenvalue weighted by molar-refractivity contribution is 6.11. The number of aromatic nitrogens is 2. The molecule has 0 spiro atoms. The largest absolute Gasteiger partial charge is 0.463 e. The molecule has 0 radical (unpaired) electrons. The van der Waals surface area contributed by atoms with E-state index in [1.807, 2.05) is 0 Å². The van der Waals surface area contributed by atoms with Crippen molar-refractivity contribution in [3.63, 3.8) is 0 Å². The van der Waals surface area contributed by atoms with Gasteiger partial charge in [0.25, 0.3) is 11.8 Å². The summed E-state index contributed by atoms with van der Waals surface area (Å²) in [5, 5.41) is 8.62. The minimum Gasteiger partial charge on any atom is -0.415 e. The number of carbonyl (C=O) groups excluding carboxylic acids is 2. The van der Waals surface area contributed by atoms with Gasteiger partial charge in [-0.15, -0.1) is 10.2 Å². The van der Waals surface area contributed by atoms with E-state index in [1.54, 1.807) is 11.4 Å². The first-order valence-electron chi connectivity index (χ1n) is 12.4. The number of nitrogens with zero attached hydrogens (tertiary/aromatic N) is 3. The first-order chi connectivity index (χ1) is 19.3. The molecule has 0 saturated heterocycles. The minimum atomic E-state index is -6.02. The van der Waals surface area contributed by atoms with E-state index in [-0.39, 0.29) is 55.2 Å². The van der Waals surface area contributed by atoms with E-state index in [9.17, 15) is 44.7 Å². The zero-order valence-electron chi connectivity index (χ0n) is 20.8. The summed E-state index contributed by atoms with van der Waals surface area (Å²) < 4.78 is 109. The van der Waals surface area contributed by atoms with E-state index >= 15 is 0 Å². The summed E-state index contributed by atoms with van der Waals surface area (Å²) in [6.07, 6.45) is -8.42. The maximum atomic E-state index is 14.3.